The highest BCUT2D eigenvalue weighted by atomic mass is 15.4. The molecule has 0 aromatic rings. The van der Waals surface area contributed by atoms with Gasteiger partial charge in [0.25, 0.3) is 0 Å². The lowest BCUT2D eigenvalue weighted by molar-refractivity contribution is 0.144. The molecule has 0 fully saturated rings. The Labute approximate surface area is 184 Å². The first-order valence-electron chi connectivity index (χ1n) is 13.5. The minimum Gasteiger partial charge on any atom is -0.356 e. The molecule has 172 valence electrons. The van der Waals surface area contributed by atoms with Crippen molar-refractivity contribution in [2.45, 2.75) is 149 Å². The van der Waals surface area contributed by atoms with Crippen molar-refractivity contribution in [2.75, 3.05) is 13.1 Å². The van der Waals surface area contributed by atoms with Gasteiger partial charge in [0, 0.05) is 25.5 Å². The van der Waals surface area contributed by atoms with Crippen LogP contribution in [0.25, 0.3) is 0 Å². The van der Waals surface area contributed by atoms with E-state index in [-0.39, 0.29) is 0 Å². The maximum Gasteiger partial charge on any atom is 0.100 e. The summed E-state index contributed by atoms with van der Waals surface area (Å²) >= 11 is 0. The van der Waals surface area contributed by atoms with E-state index in [0.717, 1.165) is 0 Å². The van der Waals surface area contributed by atoms with E-state index in [9.17, 15) is 0 Å². The number of rotatable bonds is 21. The summed E-state index contributed by atoms with van der Waals surface area (Å²) in [4.78, 5) is 5.21. The average molecular weight is 407 g/mol. The molecule has 1 aliphatic heterocycles. The largest absolute Gasteiger partial charge is 0.356 e. The van der Waals surface area contributed by atoms with Crippen molar-refractivity contribution in [1.82, 2.24) is 9.80 Å². The van der Waals surface area contributed by atoms with Crippen LogP contribution in [0.3, 0.4) is 0 Å². The van der Waals surface area contributed by atoms with E-state index in [1.807, 2.05) is 0 Å². The second-order valence-electron chi connectivity index (χ2n) is 9.32. The fourth-order valence-corrected chi connectivity index (χ4v) is 4.69. The Hall–Kier alpha value is -0.660. The molecule has 0 radical (unpaired) electrons. The summed E-state index contributed by atoms with van der Waals surface area (Å²) in [6.07, 6.45) is 32.2. The number of nitrogens with zero attached hydrogens (tertiary/aromatic N) is 2. The van der Waals surface area contributed by atoms with Crippen LogP contribution in [0.4, 0.5) is 0 Å². The van der Waals surface area contributed by atoms with Gasteiger partial charge in [-0.2, -0.15) is 0 Å². The topological polar surface area (TPSA) is 6.48 Å². The number of unbranched alkanes of at least 4 members (excludes halogenated alkanes) is 16. The Kier molecular flexibility index (Phi) is 17.6. The second kappa shape index (κ2) is 19.3. The van der Waals surface area contributed by atoms with E-state index in [2.05, 4.69) is 43.0 Å². The summed E-state index contributed by atoms with van der Waals surface area (Å²) in [7, 11) is 0. The van der Waals surface area contributed by atoms with Crippen LogP contribution < -0.4 is 0 Å². The van der Waals surface area contributed by atoms with Crippen molar-refractivity contribution < 1.29 is 0 Å². The zero-order valence-corrected chi connectivity index (χ0v) is 20.5. The molecule has 0 unspecified atom stereocenters. The molecule has 0 aromatic heterocycles. The van der Waals surface area contributed by atoms with Gasteiger partial charge < -0.3 is 9.80 Å². The Morgan fingerprint density at radius 2 is 0.759 bits per heavy atom. The lowest BCUT2D eigenvalue weighted by Crippen LogP contribution is -2.38. The normalized spacial score (nSPS) is 14.4. The highest BCUT2D eigenvalue weighted by Crippen LogP contribution is 2.21. The van der Waals surface area contributed by atoms with Crippen LogP contribution in [0, 0.1) is 0 Å². The molecule has 2 nitrogen and oxygen atoms in total. The number of hydrogen-bond donors (Lipinski definition) is 0. The van der Waals surface area contributed by atoms with Crippen molar-refractivity contribution in [3.05, 3.63) is 12.4 Å². The molecule has 0 aliphatic carbocycles. The third kappa shape index (κ3) is 13.3. The molecule has 2 heteroatoms. The minimum atomic E-state index is 0.623. The van der Waals surface area contributed by atoms with Crippen LogP contribution in [0.1, 0.15) is 143 Å². The standard InChI is InChI=1S/C27H54N2/c1-4-7-9-11-13-15-17-19-21-23-28-25-26-29(27(28)6-3)24-22-20-18-16-14-12-10-8-5-2/h25-27H,4-24H2,1-3H3. The predicted molar refractivity (Wildman–Crippen MR) is 131 cm³/mol. The van der Waals surface area contributed by atoms with E-state index in [4.69, 9.17) is 0 Å². The van der Waals surface area contributed by atoms with Crippen LogP contribution in [0.5, 0.6) is 0 Å². The third-order valence-electron chi connectivity index (χ3n) is 6.62. The molecule has 1 rings (SSSR count). The SMILES string of the molecule is CCCCCCCCCCCN1C=CN(CCCCCCCCCCC)C1CC. The van der Waals surface area contributed by atoms with E-state index in [1.165, 1.54) is 135 Å². The van der Waals surface area contributed by atoms with E-state index >= 15 is 0 Å². The molecule has 29 heavy (non-hydrogen) atoms. The highest BCUT2D eigenvalue weighted by molar-refractivity contribution is 4.96. The molecule has 0 aromatic carbocycles. The van der Waals surface area contributed by atoms with Crippen molar-refractivity contribution >= 4 is 0 Å². The predicted octanol–water partition coefficient (Wildman–Crippen LogP) is 8.87. The Morgan fingerprint density at radius 1 is 0.448 bits per heavy atom. The highest BCUT2D eigenvalue weighted by Gasteiger charge is 2.23. The van der Waals surface area contributed by atoms with Gasteiger partial charge in [0.15, 0.2) is 0 Å². The van der Waals surface area contributed by atoms with Crippen LogP contribution in [-0.4, -0.2) is 29.1 Å². The van der Waals surface area contributed by atoms with Crippen LogP contribution in [0.15, 0.2) is 12.4 Å². The van der Waals surface area contributed by atoms with Gasteiger partial charge in [-0.25, -0.2) is 0 Å². The zero-order valence-electron chi connectivity index (χ0n) is 20.5. The fraction of sp³-hybridized carbons (Fsp3) is 0.926. The van der Waals surface area contributed by atoms with Gasteiger partial charge in [-0.05, 0) is 19.3 Å². The lowest BCUT2D eigenvalue weighted by atomic mass is 10.1. The molecule has 0 N–H and O–H groups in total. The molecule has 0 saturated heterocycles. The Bertz CT molecular complexity index is 334. The summed E-state index contributed by atoms with van der Waals surface area (Å²) in [5.41, 5.74) is 0. The van der Waals surface area contributed by atoms with Crippen LogP contribution in [0.2, 0.25) is 0 Å². The third-order valence-corrected chi connectivity index (χ3v) is 6.62. The minimum absolute atomic E-state index is 0.623. The Balaban J connectivity index is 2.00. The van der Waals surface area contributed by atoms with Gasteiger partial charge in [0.2, 0.25) is 0 Å². The van der Waals surface area contributed by atoms with E-state index in [0.29, 0.717) is 6.17 Å². The molecule has 0 amide bonds. The van der Waals surface area contributed by atoms with Crippen LogP contribution in [-0.2, 0) is 0 Å². The summed E-state index contributed by atoms with van der Waals surface area (Å²) < 4.78 is 0. The summed E-state index contributed by atoms with van der Waals surface area (Å²) in [6.45, 7) is 9.45. The molecule has 1 heterocycles. The average Bonchev–Trinajstić information content (AvgIpc) is 3.13. The summed E-state index contributed by atoms with van der Waals surface area (Å²) in [5, 5.41) is 0. The maximum atomic E-state index is 2.61. The van der Waals surface area contributed by atoms with Gasteiger partial charge in [-0.1, -0.05) is 124 Å². The zero-order chi connectivity index (χ0) is 21.0. The first kappa shape index (κ1) is 26.4. The van der Waals surface area contributed by atoms with Crippen molar-refractivity contribution in [3.63, 3.8) is 0 Å². The molecule has 0 bridgehead atoms. The van der Waals surface area contributed by atoms with Gasteiger partial charge in [-0.3, -0.25) is 0 Å². The smallest absolute Gasteiger partial charge is 0.100 e. The fourth-order valence-electron chi connectivity index (χ4n) is 4.69. The van der Waals surface area contributed by atoms with Gasteiger partial charge in [0.05, 0.1) is 0 Å². The van der Waals surface area contributed by atoms with Gasteiger partial charge >= 0.3 is 0 Å². The van der Waals surface area contributed by atoms with Crippen molar-refractivity contribution in [2.24, 2.45) is 0 Å². The number of hydrogen-bond acceptors (Lipinski definition) is 2. The van der Waals surface area contributed by atoms with Crippen LogP contribution >= 0.6 is 0 Å². The summed E-state index contributed by atoms with van der Waals surface area (Å²) in [6, 6.07) is 0. The maximum absolute atomic E-state index is 2.61. The van der Waals surface area contributed by atoms with E-state index in [1.54, 1.807) is 0 Å². The summed E-state index contributed by atoms with van der Waals surface area (Å²) in [5.74, 6) is 0. The molecular weight excluding hydrogens is 352 g/mol. The van der Waals surface area contributed by atoms with E-state index < -0.39 is 0 Å². The first-order valence-corrected chi connectivity index (χ1v) is 13.5. The van der Waals surface area contributed by atoms with Crippen molar-refractivity contribution in [1.29, 1.82) is 0 Å². The Morgan fingerprint density at radius 3 is 1.07 bits per heavy atom. The molecular formula is C27H54N2. The monoisotopic (exact) mass is 406 g/mol. The van der Waals surface area contributed by atoms with Gasteiger partial charge in [-0.15, -0.1) is 0 Å². The molecule has 0 atom stereocenters. The molecule has 0 saturated carbocycles. The first-order chi connectivity index (χ1) is 14.3. The van der Waals surface area contributed by atoms with Gasteiger partial charge in [0.1, 0.15) is 6.17 Å². The quantitative estimate of drug-likeness (QED) is 0.176. The molecule has 1 aliphatic rings. The second-order valence-corrected chi connectivity index (χ2v) is 9.32. The lowest BCUT2D eigenvalue weighted by Gasteiger charge is -2.32. The molecule has 0 spiro atoms. The van der Waals surface area contributed by atoms with Crippen molar-refractivity contribution in [3.8, 4) is 0 Å².